The maximum Gasteiger partial charge on any atom is 0.264 e. The molecule has 1 aromatic heterocycles. The molecule has 0 saturated heterocycles. The molecular formula is C12H13NO5S. The van der Waals surface area contributed by atoms with E-state index in [0.29, 0.717) is 11.5 Å². The molecule has 1 aromatic carbocycles. The van der Waals surface area contributed by atoms with Crippen molar-refractivity contribution in [1.82, 2.24) is 4.98 Å². The SMILES string of the molecule is CS(=O)(=O)OCCOc1cccc(-c2cnco2)c1. The molecule has 0 radical (unpaired) electrons. The fourth-order valence-corrected chi connectivity index (χ4v) is 1.81. The van der Waals surface area contributed by atoms with Crippen LogP contribution in [0.4, 0.5) is 0 Å². The smallest absolute Gasteiger partial charge is 0.264 e. The Morgan fingerprint density at radius 2 is 2.16 bits per heavy atom. The molecule has 0 spiro atoms. The summed E-state index contributed by atoms with van der Waals surface area (Å²) in [6, 6.07) is 7.21. The highest BCUT2D eigenvalue weighted by atomic mass is 32.2. The van der Waals surface area contributed by atoms with Crippen LogP contribution < -0.4 is 4.74 Å². The van der Waals surface area contributed by atoms with E-state index in [-0.39, 0.29) is 13.2 Å². The average molecular weight is 283 g/mol. The van der Waals surface area contributed by atoms with Gasteiger partial charge in [0.2, 0.25) is 0 Å². The number of aromatic nitrogens is 1. The molecule has 2 aromatic rings. The topological polar surface area (TPSA) is 78.6 Å². The maximum absolute atomic E-state index is 10.8. The van der Waals surface area contributed by atoms with Crippen molar-refractivity contribution in [2.24, 2.45) is 0 Å². The Morgan fingerprint density at radius 3 is 2.84 bits per heavy atom. The van der Waals surface area contributed by atoms with Crippen molar-refractivity contribution in [3.05, 3.63) is 36.9 Å². The number of rotatable bonds is 6. The molecule has 6 nitrogen and oxygen atoms in total. The van der Waals surface area contributed by atoms with Crippen LogP contribution in [0.5, 0.6) is 5.75 Å². The van der Waals surface area contributed by atoms with Gasteiger partial charge in [-0.05, 0) is 12.1 Å². The third-order valence-corrected chi connectivity index (χ3v) is 2.80. The first-order valence-electron chi connectivity index (χ1n) is 5.51. The van der Waals surface area contributed by atoms with E-state index >= 15 is 0 Å². The molecule has 7 heteroatoms. The van der Waals surface area contributed by atoms with E-state index in [4.69, 9.17) is 9.15 Å². The van der Waals surface area contributed by atoms with Crippen LogP contribution in [-0.2, 0) is 14.3 Å². The quantitative estimate of drug-likeness (QED) is 0.593. The van der Waals surface area contributed by atoms with Gasteiger partial charge in [-0.15, -0.1) is 0 Å². The minimum Gasteiger partial charge on any atom is -0.491 e. The van der Waals surface area contributed by atoms with Gasteiger partial charge in [0.15, 0.2) is 12.2 Å². The Kier molecular flexibility index (Phi) is 4.18. The second-order valence-corrected chi connectivity index (χ2v) is 5.41. The molecule has 0 aliphatic heterocycles. The molecule has 0 aliphatic rings. The number of oxazole rings is 1. The second kappa shape index (κ2) is 5.85. The van der Waals surface area contributed by atoms with Crippen LogP contribution in [-0.4, -0.2) is 32.9 Å². The highest BCUT2D eigenvalue weighted by molar-refractivity contribution is 7.85. The first kappa shape index (κ1) is 13.6. The molecule has 0 aliphatic carbocycles. The summed E-state index contributed by atoms with van der Waals surface area (Å²) in [4.78, 5) is 3.84. The predicted octanol–water partition coefficient (Wildman–Crippen LogP) is 1.70. The van der Waals surface area contributed by atoms with Gasteiger partial charge < -0.3 is 9.15 Å². The molecule has 0 fully saturated rings. The molecule has 1 heterocycles. The fraction of sp³-hybridized carbons (Fsp3) is 0.250. The zero-order valence-corrected chi connectivity index (χ0v) is 11.1. The van der Waals surface area contributed by atoms with Crippen molar-refractivity contribution >= 4 is 10.1 Å². The van der Waals surface area contributed by atoms with Gasteiger partial charge >= 0.3 is 0 Å². The predicted molar refractivity (Wildman–Crippen MR) is 68.2 cm³/mol. The van der Waals surface area contributed by atoms with Crippen LogP contribution in [0.15, 0.2) is 41.3 Å². The third kappa shape index (κ3) is 4.38. The maximum atomic E-state index is 10.8. The Bertz CT molecular complexity index is 621. The standard InChI is InChI=1S/C12H13NO5S/c1-19(14,15)18-6-5-16-11-4-2-3-10(7-11)12-8-13-9-17-12/h2-4,7-9H,5-6H2,1H3. The summed E-state index contributed by atoms with van der Waals surface area (Å²) >= 11 is 0. The number of hydrogen-bond acceptors (Lipinski definition) is 6. The normalized spacial score (nSPS) is 11.4. The number of benzene rings is 1. The lowest BCUT2D eigenvalue weighted by atomic mass is 10.2. The van der Waals surface area contributed by atoms with Crippen molar-refractivity contribution in [2.75, 3.05) is 19.5 Å². The van der Waals surface area contributed by atoms with Crippen molar-refractivity contribution in [1.29, 1.82) is 0 Å². The Hall–Kier alpha value is -1.86. The lowest BCUT2D eigenvalue weighted by molar-refractivity contribution is 0.222. The summed E-state index contributed by atoms with van der Waals surface area (Å²) in [6.07, 6.45) is 3.95. The minimum absolute atomic E-state index is 0.0225. The molecule has 0 bridgehead atoms. The first-order valence-corrected chi connectivity index (χ1v) is 7.32. The van der Waals surface area contributed by atoms with Gasteiger partial charge in [-0.25, -0.2) is 4.98 Å². The van der Waals surface area contributed by atoms with E-state index in [0.717, 1.165) is 11.8 Å². The largest absolute Gasteiger partial charge is 0.491 e. The van der Waals surface area contributed by atoms with Crippen molar-refractivity contribution in [3.63, 3.8) is 0 Å². The molecule has 0 saturated carbocycles. The molecule has 102 valence electrons. The van der Waals surface area contributed by atoms with Crippen molar-refractivity contribution in [3.8, 4) is 17.1 Å². The lowest BCUT2D eigenvalue weighted by Gasteiger charge is -2.06. The number of hydrogen-bond donors (Lipinski definition) is 0. The second-order valence-electron chi connectivity index (χ2n) is 3.77. The molecule has 2 rings (SSSR count). The zero-order chi connectivity index (χ0) is 13.7. The highest BCUT2D eigenvalue weighted by Gasteiger charge is 2.04. The average Bonchev–Trinajstić information content (AvgIpc) is 2.88. The molecular weight excluding hydrogens is 270 g/mol. The molecule has 0 atom stereocenters. The fourth-order valence-electron chi connectivity index (χ4n) is 1.44. The van der Waals surface area contributed by atoms with Crippen molar-refractivity contribution in [2.45, 2.75) is 0 Å². The third-order valence-electron chi connectivity index (χ3n) is 2.20. The van der Waals surface area contributed by atoms with Gasteiger partial charge in [-0.2, -0.15) is 8.42 Å². The molecule has 0 amide bonds. The number of nitrogens with zero attached hydrogens (tertiary/aromatic N) is 1. The van der Waals surface area contributed by atoms with Crippen LogP contribution in [0, 0.1) is 0 Å². The van der Waals surface area contributed by atoms with Gasteiger partial charge in [-0.1, -0.05) is 12.1 Å². The highest BCUT2D eigenvalue weighted by Crippen LogP contribution is 2.23. The minimum atomic E-state index is -3.43. The van der Waals surface area contributed by atoms with Crippen LogP contribution in [0.1, 0.15) is 0 Å². The van der Waals surface area contributed by atoms with Crippen molar-refractivity contribution < 1.29 is 21.8 Å². The molecule has 0 N–H and O–H groups in total. The van der Waals surface area contributed by atoms with Gasteiger partial charge in [0.1, 0.15) is 19.0 Å². The lowest BCUT2D eigenvalue weighted by Crippen LogP contribution is -2.11. The van der Waals surface area contributed by atoms with Gasteiger partial charge in [0.25, 0.3) is 10.1 Å². The van der Waals surface area contributed by atoms with E-state index in [1.165, 1.54) is 6.39 Å². The van der Waals surface area contributed by atoms with Crippen LogP contribution >= 0.6 is 0 Å². The summed E-state index contributed by atoms with van der Waals surface area (Å²) in [5.74, 6) is 1.24. The summed E-state index contributed by atoms with van der Waals surface area (Å²) < 4.78 is 36.6. The van der Waals surface area contributed by atoms with E-state index < -0.39 is 10.1 Å². The monoisotopic (exact) mass is 283 g/mol. The molecule has 0 unspecified atom stereocenters. The van der Waals surface area contributed by atoms with Gasteiger partial charge in [0.05, 0.1) is 12.5 Å². The summed E-state index contributed by atoms with van der Waals surface area (Å²) in [5, 5.41) is 0. The van der Waals surface area contributed by atoms with E-state index in [2.05, 4.69) is 9.17 Å². The molecule has 19 heavy (non-hydrogen) atoms. The number of ether oxygens (including phenoxy) is 1. The van der Waals surface area contributed by atoms with E-state index in [1.807, 2.05) is 12.1 Å². The summed E-state index contributed by atoms with van der Waals surface area (Å²) in [6.45, 7) is 0.123. The van der Waals surface area contributed by atoms with Crippen LogP contribution in [0.2, 0.25) is 0 Å². The Balaban J connectivity index is 1.93. The van der Waals surface area contributed by atoms with E-state index in [1.54, 1.807) is 18.3 Å². The zero-order valence-electron chi connectivity index (χ0n) is 10.3. The Labute approximate surface area is 111 Å². The summed E-state index contributed by atoms with van der Waals surface area (Å²) in [5.41, 5.74) is 0.832. The summed E-state index contributed by atoms with van der Waals surface area (Å²) in [7, 11) is -3.43. The first-order chi connectivity index (χ1) is 9.04. The van der Waals surface area contributed by atoms with Crippen LogP contribution in [0.25, 0.3) is 11.3 Å². The Morgan fingerprint density at radius 1 is 1.32 bits per heavy atom. The van der Waals surface area contributed by atoms with Gasteiger partial charge in [0, 0.05) is 5.56 Å². The van der Waals surface area contributed by atoms with E-state index in [9.17, 15) is 8.42 Å². The van der Waals surface area contributed by atoms with Crippen LogP contribution in [0.3, 0.4) is 0 Å². The van der Waals surface area contributed by atoms with Gasteiger partial charge in [-0.3, -0.25) is 4.18 Å².